The van der Waals surface area contributed by atoms with Crippen LogP contribution in [0.15, 0.2) is 30.4 Å². The highest BCUT2D eigenvalue weighted by Crippen LogP contribution is 2.24. The zero-order chi connectivity index (χ0) is 17.0. The minimum absolute atomic E-state index is 0.146. The third-order valence-electron chi connectivity index (χ3n) is 3.91. The zero-order valence-corrected chi connectivity index (χ0v) is 13.2. The van der Waals surface area contributed by atoms with E-state index in [0.717, 1.165) is 17.7 Å². The molecular weight excluding hydrogens is 302 g/mol. The minimum atomic E-state index is -1.47. The van der Waals surface area contributed by atoms with Gasteiger partial charge in [0.1, 0.15) is 0 Å². The van der Waals surface area contributed by atoms with Crippen molar-refractivity contribution in [2.24, 2.45) is 0 Å². The van der Waals surface area contributed by atoms with Crippen LogP contribution in [0.5, 0.6) is 0 Å². The molecule has 2 rings (SSSR count). The van der Waals surface area contributed by atoms with E-state index in [2.05, 4.69) is 11.9 Å². The van der Waals surface area contributed by atoms with E-state index >= 15 is 0 Å². The SMILES string of the molecule is C=C(C)CNC[C@]1(O)CCCN(Cc2ccc(F)c(F)c2)C1=O. The largest absolute Gasteiger partial charge is 0.379 e. The molecule has 1 heterocycles. The second-order valence-electron chi connectivity index (χ2n) is 6.17. The van der Waals surface area contributed by atoms with Gasteiger partial charge in [0.15, 0.2) is 17.2 Å². The topological polar surface area (TPSA) is 52.6 Å². The van der Waals surface area contributed by atoms with Crippen molar-refractivity contribution < 1.29 is 18.7 Å². The number of carbonyl (C=O) groups excluding carboxylic acids is 1. The number of rotatable bonds is 6. The Labute approximate surface area is 134 Å². The van der Waals surface area contributed by atoms with Crippen LogP contribution in [0.25, 0.3) is 0 Å². The van der Waals surface area contributed by atoms with Crippen LogP contribution in [0, 0.1) is 11.6 Å². The van der Waals surface area contributed by atoms with Gasteiger partial charge in [-0.3, -0.25) is 4.79 Å². The fourth-order valence-corrected chi connectivity index (χ4v) is 2.72. The lowest BCUT2D eigenvalue weighted by molar-refractivity contribution is -0.157. The average molecular weight is 324 g/mol. The van der Waals surface area contributed by atoms with Crippen molar-refractivity contribution in [1.29, 1.82) is 0 Å². The Kier molecular flexibility index (Phi) is 5.49. The molecule has 1 aliphatic rings. The number of piperidine rings is 1. The highest BCUT2D eigenvalue weighted by Gasteiger charge is 2.41. The van der Waals surface area contributed by atoms with Crippen LogP contribution in [0.4, 0.5) is 8.78 Å². The third kappa shape index (κ3) is 4.36. The predicted octanol–water partition coefficient (Wildman–Crippen LogP) is 1.98. The molecule has 0 spiro atoms. The summed E-state index contributed by atoms with van der Waals surface area (Å²) in [6, 6.07) is 3.56. The first-order valence-corrected chi connectivity index (χ1v) is 7.62. The van der Waals surface area contributed by atoms with Gasteiger partial charge in [0.05, 0.1) is 0 Å². The molecule has 0 unspecified atom stereocenters. The van der Waals surface area contributed by atoms with Gasteiger partial charge in [0, 0.05) is 26.2 Å². The molecule has 6 heteroatoms. The molecule has 1 fully saturated rings. The smallest absolute Gasteiger partial charge is 0.256 e. The molecule has 1 amide bonds. The van der Waals surface area contributed by atoms with E-state index in [-0.39, 0.29) is 19.0 Å². The number of nitrogens with zero attached hydrogens (tertiary/aromatic N) is 1. The average Bonchev–Trinajstić information content (AvgIpc) is 2.47. The van der Waals surface area contributed by atoms with Gasteiger partial charge in [-0.15, -0.1) is 0 Å². The first-order valence-electron chi connectivity index (χ1n) is 7.62. The summed E-state index contributed by atoms with van der Waals surface area (Å²) in [5.41, 5.74) is -0.0568. The molecule has 0 aliphatic carbocycles. The third-order valence-corrected chi connectivity index (χ3v) is 3.91. The second-order valence-corrected chi connectivity index (χ2v) is 6.17. The molecule has 23 heavy (non-hydrogen) atoms. The molecule has 2 N–H and O–H groups in total. The summed E-state index contributed by atoms with van der Waals surface area (Å²) in [6.45, 7) is 6.93. The lowest BCUT2D eigenvalue weighted by Crippen LogP contribution is -2.57. The molecule has 1 aliphatic heterocycles. The number of hydrogen-bond donors (Lipinski definition) is 2. The number of likely N-dealkylation sites (tertiary alicyclic amines) is 1. The van der Waals surface area contributed by atoms with E-state index in [9.17, 15) is 18.7 Å². The van der Waals surface area contributed by atoms with Crippen LogP contribution in [-0.2, 0) is 11.3 Å². The van der Waals surface area contributed by atoms with Gasteiger partial charge < -0.3 is 15.3 Å². The van der Waals surface area contributed by atoms with Crippen LogP contribution in [0.3, 0.4) is 0 Å². The Hall–Kier alpha value is -1.79. The van der Waals surface area contributed by atoms with Crippen LogP contribution < -0.4 is 5.32 Å². The molecule has 0 radical (unpaired) electrons. The Balaban J connectivity index is 2.03. The highest BCUT2D eigenvalue weighted by atomic mass is 19.2. The van der Waals surface area contributed by atoms with Gasteiger partial charge in [-0.05, 0) is 37.5 Å². The summed E-state index contributed by atoms with van der Waals surface area (Å²) in [6.07, 6.45) is 1.03. The Morgan fingerprint density at radius 3 is 2.83 bits per heavy atom. The second kappa shape index (κ2) is 7.19. The summed E-state index contributed by atoms with van der Waals surface area (Å²) in [4.78, 5) is 14.0. The van der Waals surface area contributed by atoms with Gasteiger partial charge in [-0.2, -0.15) is 0 Å². The van der Waals surface area contributed by atoms with E-state index in [1.165, 1.54) is 11.0 Å². The summed E-state index contributed by atoms with van der Waals surface area (Å²) >= 11 is 0. The summed E-state index contributed by atoms with van der Waals surface area (Å²) < 4.78 is 26.2. The fourth-order valence-electron chi connectivity index (χ4n) is 2.72. The van der Waals surface area contributed by atoms with E-state index in [4.69, 9.17) is 0 Å². The number of carbonyl (C=O) groups is 1. The molecule has 0 saturated carbocycles. The lowest BCUT2D eigenvalue weighted by Gasteiger charge is -2.38. The van der Waals surface area contributed by atoms with E-state index in [1.807, 2.05) is 6.92 Å². The standard InChI is InChI=1S/C17H22F2N2O2/c1-12(2)9-20-11-17(23)6-3-7-21(16(17)22)10-13-4-5-14(18)15(19)8-13/h4-5,8,20,23H,1,3,6-7,9-11H2,2H3/t17-/m1/s1. The van der Waals surface area contributed by atoms with E-state index < -0.39 is 17.2 Å². The summed E-state index contributed by atoms with van der Waals surface area (Å²) in [7, 11) is 0. The molecule has 0 aromatic heterocycles. The van der Waals surface area contributed by atoms with Crippen molar-refractivity contribution in [3.63, 3.8) is 0 Å². The van der Waals surface area contributed by atoms with Gasteiger partial charge in [0.2, 0.25) is 0 Å². The number of benzene rings is 1. The van der Waals surface area contributed by atoms with Crippen molar-refractivity contribution >= 4 is 5.91 Å². The summed E-state index contributed by atoms with van der Waals surface area (Å²) in [5, 5.41) is 13.6. The maximum absolute atomic E-state index is 13.3. The zero-order valence-electron chi connectivity index (χ0n) is 13.2. The molecule has 1 aromatic carbocycles. The van der Waals surface area contributed by atoms with E-state index in [0.29, 0.717) is 31.5 Å². The van der Waals surface area contributed by atoms with Crippen LogP contribution in [0.2, 0.25) is 0 Å². The molecule has 1 atom stereocenters. The van der Waals surface area contributed by atoms with Crippen molar-refractivity contribution in [1.82, 2.24) is 10.2 Å². The Bertz CT molecular complexity index is 606. The number of aliphatic hydroxyl groups is 1. The van der Waals surface area contributed by atoms with Crippen molar-refractivity contribution in [2.45, 2.75) is 31.9 Å². The predicted molar refractivity (Wildman–Crippen MR) is 83.6 cm³/mol. The van der Waals surface area contributed by atoms with Crippen LogP contribution in [0.1, 0.15) is 25.3 Å². The molecule has 126 valence electrons. The Morgan fingerprint density at radius 1 is 1.43 bits per heavy atom. The molecule has 4 nitrogen and oxygen atoms in total. The highest BCUT2D eigenvalue weighted by molar-refractivity contribution is 5.86. The lowest BCUT2D eigenvalue weighted by atomic mass is 9.91. The maximum atomic E-state index is 13.3. The van der Waals surface area contributed by atoms with E-state index in [1.54, 1.807) is 0 Å². The number of hydrogen-bond acceptors (Lipinski definition) is 3. The molecular formula is C17H22F2N2O2. The van der Waals surface area contributed by atoms with Gasteiger partial charge in [-0.25, -0.2) is 8.78 Å². The van der Waals surface area contributed by atoms with Crippen molar-refractivity contribution in [2.75, 3.05) is 19.6 Å². The Morgan fingerprint density at radius 2 is 2.17 bits per heavy atom. The van der Waals surface area contributed by atoms with Gasteiger partial charge in [-0.1, -0.05) is 18.2 Å². The quantitative estimate of drug-likeness (QED) is 0.787. The minimum Gasteiger partial charge on any atom is -0.379 e. The number of nitrogens with one attached hydrogen (secondary N) is 1. The van der Waals surface area contributed by atoms with Gasteiger partial charge in [0.25, 0.3) is 5.91 Å². The van der Waals surface area contributed by atoms with Crippen molar-refractivity contribution in [3.8, 4) is 0 Å². The first kappa shape index (κ1) is 17.6. The number of amides is 1. The summed E-state index contributed by atoms with van der Waals surface area (Å²) in [5.74, 6) is -2.24. The molecule has 1 aromatic rings. The fraction of sp³-hybridized carbons (Fsp3) is 0.471. The maximum Gasteiger partial charge on any atom is 0.256 e. The first-order chi connectivity index (χ1) is 10.8. The number of halogens is 2. The molecule has 0 bridgehead atoms. The monoisotopic (exact) mass is 324 g/mol. The molecule has 1 saturated heterocycles. The van der Waals surface area contributed by atoms with Gasteiger partial charge >= 0.3 is 0 Å². The normalized spacial score (nSPS) is 21.6. The van der Waals surface area contributed by atoms with Crippen LogP contribution in [-0.4, -0.2) is 41.1 Å². The van der Waals surface area contributed by atoms with Crippen LogP contribution >= 0.6 is 0 Å². The van der Waals surface area contributed by atoms with Crippen molar-refractivity contribution in [3.05, 3.63) is 47.5 Å².